The fourth-order valence-corrected chi connectivity index (χ4v) is 4.79. The van der Waals surface area contributed by atoms with Crippen molar-refractivity contribution in [1.82, 2.24) is 9.55 Å². The van der Waals surface area contributed by atoms with Gasteiger partial charge < -0.3 is 4.98 Å². The van der Waals surface area contributed by atoms with Gasteiger partial charge >= 0.3 is 0 Å². The van der Waals surface area contributed by atoms with Gasteiger partial charge in [0.15, 0.2) is 4.77 Å². The van der Waals surface area contributed by atoms with E-state index in [9.17, 15) is 4.79 Å². The zero-order chi connectivity index (χ0) is 14.8. The molecule has 3 nitrogen and oxygen atoms in total. The number of aromatic amines is 1. The van der Waals surface area contributed by atoms with E-state index in [1.807, 2.05) is 0 Å². The summed E-state index contributed by atoms with van der Waals surface area (Å²) in [7, 11) is 0. The molecule has 0 atom stereocenters. The molecule has 1 aliphatic carbocycles. The first-order chi connectivity index (χ1) is 10.2. The standard InChI is InChI=1S/C16H22N2OS2/c1-2-3-4-7-10-18-15(19)13-11-8-5-6-9-12(11)21-14(13)17-16(18)20/h2-10H2,1H3,(H,17,20). The van der Waals surface area contributed by atoms with E-state index in [4.69, 9.17) is 12.2 Å². The van der Waals surface area contributed by atoms with Crippen LogP contribution in [0, 0.1) is 4.77 Å². The van der Waals surface area contributed by atoms with Crippen molar-refractivity contribution in [2.45, 2.75) is 64.8 Å². The number of hydrogen-bond acceptors (Lipinski definition) is 3. The van der Waals surface area contributed by atoms with Gasteiger partial charge in [-0.25, -0.2) is 0 Å². The summed E-state index contributed by atoms with van der Waals surface area (Å²) in [4.78, 5) is 18.5. The predicted octanol–water partition coefficient (Wildman–Crippen LogP) is 4.58. The molecule has 0 spiro atoms. The van der Waals surface area contributed by atoms with Gasteiger partial charge in [-0.05, 0) is 49.9 Å². The highest BCUT2D eigenvalue weighted by molar-refractivity contribution is 7.71. The Bertz CT molecular complexity index is 754. The van der Waals surface area contributed by atoms with Crippen LogP contribution in [0.5, 0.6) is 0 Å². The summed E-state index contributed by atoms with van der Waals surface area (Å²) in [5.74, 6) is 0. The van der Waals surface area contributed by atoms with Crippen LogP contribution < -0.4 is 5.56 Å². The molecule has 0 unspecified atom stereocenters. The fraction of sp³-hybridized carbons (Fsp3) is 0.625. The smallest absolute Gasteiger partial charge is 0.263 e. The number of hydrogen-bond donors (Lipinski definition) is 1. The van der Waals surface area contributed by atoms with E-state index in [1.54, 1.807) is 15.9 Å². The quantitative estimate of drug-likeness (QED) is 0.646. The fourth-order valence-electron chi connectivity index (χ4n) is 3.17. The average Bonchev–Trinajstić information content (AvgIpc) is 2.84. The van der Waals surface area contributed by atoms with Crippen LogP contribution in [0.1, 0.15) is 55.9 Å². The van der Waals surface area contributed by atoms with Gasteiger partial charge in [-0.2, -0.15) is 0 Å². The first-order valence-corrected chi connectivity index (χ1v) is 9.22. The van der Waals surface area contributed by atoms with Crippen molar-refractivity contribution in [3.63, 3.8) is 0 Å². The van der Waals surface area contributed by atoms with Crippen molar-refractivity contribution < 1.29 is 0 Å². The molecule has 2 aromatic rings. The second-order valence-electron chi connectivity index (χ2n) is 5.86. The monoisotopic (exact) mass is 322 g/mol. The van der Waals surface area contributed by atoms with Crippen LogP contribution in [0.2, 0.25) is 0 Å². The molecule has 0 saturated carbocycles. The van der Waals surface area contributed by atoms with E-state index in [2.05, 4.69) is 11.9 Å². The molecule has 1 aliphatic rings. The number of fused-ring (bicyclic) bond motifs is 3. The number of nitrogens with zero attached hydrogens (tertiary/aromatic N) is 1. The third-order valence-corrected chi connectivity index (χ3v) is 5.86. The molecule has 0 aliphatic heterocycles. The van der Waals surface area contributed by atoms with Crippen LogP contribution in [0.25, 0.3) is 10.2 Å². The maximum Gasteiger partial charge on any atom is 0.263 e. The molecule has 2 aromatic heterocycles. The summed E-state index contributed by atoms with van der Waals surface area (Å²) < 4.78 is 2.36. The Morgan fingerprint density at radius 1 is 1.24 bits per heavy atom. The van der Waals surface area contributed by atoms with Crippen LogP contribution in [0.15, 0.2) is 4.79 Å². The Kier molecular flexibility index (Phi) is 4.60. The van der Waals surface area contributed by atoms with Crippen LogP contribution in [0.3, 0.4) is 0 Å². The second kappa shape index (κ2) is 6.44. The summed E-state index contributed by atoms with van der Waals surface area (Å²) >= 11 is 7.13. The number of rotatable bonds is 5. The van der Waals surface area contributed by atoms with Crippen molar-refractivity contribution in [2.24, 2.45) is 0 Å². The molecule has 0 radical (unpaired) electrons. The lowest BCUT2D eigenvalue weighted by Gasteiger charge is -2.10. The normalized spacial score (nSPS) is 14.5. The van der Waals surface area contributed by atoms with Gasteiger partial charge in [0.25, 0.3) is 5.56 Å². The van der Waals surface area contributed by atoms with Gasteiger partial charge in [0.2, 0.25) is 0 Å². The molecule has 114 valence electrons. The molecule has 0 saturated heterocycles. The summed E-state index contributed by atoms with van der Waals surface area (Å²) in [6.45, 7) is 2.94. The van der Waals surface area contributed by atoms with E-state index in [0.29, 0.717) is 4.77 Å². The molecule has 5 heteroatoms. The number of H-pyrrole nitrogens is 1. The van der Waals surface area contributed by atoms with Crippen LogP contribution in [-0.4, -0.2) is 9.55 Å². The minimum atomic E-state index is 0.129. The molecule has 0 fully saturated rings. The lowest BCUT2D eigenvalue weighted by molar-refractivity contribution is 0.562. The van der Waals surface area contributed by atoms with E-state index in [-0.39, 0.29) is 5.56 Å². The molecule has 0 aromatic carbocycles. The minimum absolute atomic E-state index is 0.129. The third-order valence-electron chi connectivity index (χ3n) is 4.33. The highest BCUT2D eigenvalue weighted by Gasteiger charge is 2.19. The molecule has 2 heterocycles. The summed E-state index contributed by atoms with van der Waals surface area (Å²) in [5, 5.41) is 0.916. The molecule has 0 bridgehead atoms. The average molecular weight is 322 g/mol. The van der Waals surface area contributed by atoms with Gasteiger partial charge in [-0.15, -0.1) is 11.3 Å². The van der Waals surface area contributed by atoms with Crippen LogP contribution in [-0.2, 0) is 19.4 Å². The SMILES string of the molecule is CCCCCCn1c(=S)[nH]c2sc3c(c2c1=O)CCCC3. The van der Waals surface area contributed by atoms with Crippen molar-refractivity contribution in [2.75, 3.05) is 0 Å². The Morgan fingerprint density at radius 3 is 2.86 bits per heavy atom. The Labute approximate surface area is 134 Å². The lowest BCUT2D eigenvalue weighted by atomic mass is 9.97. The maximum absolute atomic E-state index is 12.8. The van der Waals surface area contributed by atoms with Crippen molar-refractivity contribution in [3.05, 3.63) is 25.6 Å². The van der Waals surface area contributed by atoms with Gasteiger partial charge in [-0.3, -0.25) is 9.36 Å². The minimum Gasteiger partial charge on any atom is -0.323 e. The van der Waals surface area contributed by atoms with Gasteiger partial charge in [0.05, 0.1) is 5.39 Å². The highest BCUT2D eigenvalue weighted by Crippen LogP contribution is 2.33. The van der Waals surface area contributed by atoms with Crippen molar-refractivity contribution >= 4 is 33.8 Å². The molecular weight excluding hydrogens is 300 g/mol. The van der Waals surface area contributed by atoms with E-state index in [0.717, 1.165) is 42.4 Å². The van der Waals surface area contributed by atoms with Gasteiger partial charge in [-0.1, -0.05) is 26.2 Å². The van der Waals surface area contributed by atoms with Crippen LogP contribution >= 0.6 is 23.6 Å². The Hall–Kier alpha value is -0.940. The highest BCUT2D eigenvalue weighted by atomic mass is 32.1. The number of nitrogens with one attached hydrogen (secondary N) is 1. The molecule has 21 heavy (non-hydrogen) atoms. The summed E-state index contributed by atoms with van der Waals surface area (Å²) in [5.41, 5.74) is 1.42. The Morgan fingerprint density at radius 2 is 2.05 bits per heavy atom. The summed E-state index contributed by atoms with van der Waals surface area (Å²) in [6.07, 6.45) is 9.23. The van der Waals surface area contributed by atoms with E-state index < -0.39 is 0 Å². The topological polar surface area (TPSA) is 37.8 Å². The third kappa shape index (κ3) is 2.86. The first kappa shape index (κ1) is 15.0. The predicted molar refractivity (Wildman–Crippen MR) is 92.1 cm³/mol. The Balaban J connectivity index is 2.01. The van der Waals surface area contributed by atoms with Crippen molar-refractivity contribution in [3.8, 4) is 0 Å². The summed E-state index contributed by atoms with van der Waals surface area (Å²) in [6, 6.07) is 0. The zero-order valence-corrected chi connectivity index (χ0v) is 14.2. The number of aromatic nitrogens is 2. The molecule has 3 rings (SSSR count). The molecule has 0 amide bonds. The van der Waals surface area contributed by atoms with Crippen molar-refractivity contribution in [1.29, 1.82) is 0 Å². The lowest BCUT2D eigenvalue weighted by Crippen LogP contribution is -2.22. The number of unbranched alkanes of at least 4 members (excludes halogenated alkanes) is 3. The van der Waals surface area contributed by atoms with Gasteiger partial charge in [0.1, 0.15) is 4.83 Å². The second-order valence-corrected chi connectivity index (χ2v) is 7.35. The maximum atomic E-state index is 12.8. The molecule has 1 N–H and O–H groups in total. The zero-order valence-electron chi connectivity index (χ0n) is 12.5. The number of aryl methyl sites for hydroxylation is 2. The number of thiophene rings is 1. The van der Waals surface area contributed by atoms with E-state index >= 15 is 0 Å². The largest absolute Gasteiger partial charge is 0.323 e. The first-order valence-electron chi connectivity index (χ1n) is 7.99. The molecular formula is C16H22N2OS2. The van der Waals surface area contributed by atoms with E-state index in [1.165, 1.54) is 36.1 Å². The van der Waals surface area contributed by atoms with Gasteiger partial charge in [0, 0.05) is 11.4 Å². The van der Waals surface area contributed by atoms with Crippen LogP contribution in [0.4, 0.5) is 0 Å².